The van der Waals surface area contributed by atoms with Crippen LogP contribution in [0.1, 0.15) is 49.7 Å². The Morgan fingerprint density at radius 2 is 1.85 bits per heavy atom. The first-order valence-corrected chi connectivity index (χ1v) is 8.25. The van der Waals surface area contributed by atoms with Gasteiger partial charge in [-0.1, -0.05) is 43.5 Å². The van der Waals surface area contributed by atoms with E-state index in [4.69, 9.17) is 5.73 Å². The van der Waals surface area contributed by atoms with Gasteiger partial charge in [-0.3, -0.25) is 4.90 Å². The molecule has 1 fully saturated rings. The number of fused-ring (bicyclic) bond motifs is 1. The van der Waals surface area contributed by atoms with Crippen molar-refractivity contribution in [3.63, 3.8) is 0 Å². The minimum absolute atomic E-state index is 0.191. The third kappa shape index (κ3) is 2.51. The van der Waals surface area contributed by atoms with Crippen molar-refractivity contribution in [1.82, 2.24) is 4.90 Å². The molecule has 0 aromatic heterocycles. The monoisotopic (exact) mass is 272 g/mol. The van der Waals surface area contributed by atoms with E-state index in [1.165, 1.54) is 56.1 Å². The molecule has 3 rings (SSSR count). The molecule has 2 aliphatic carbocycles. The number of hydrogen-bond acceptors (Lipinski definition) is 2. The standard InChI is InChI=1S/C18H28N2/c1-20(17-9-3-2-4-10-17)18(14-19)12-11-15-7-5-6-8-16(15)13-18/h5-8,17H,2-4,9-14,19H2,1H3. The van der Waals surface area contributed by atoms with Crippen LogP contribution in [0.3, 0.4) is 0 Å². The number of nitrogens with two attached hydrogens (primary N) is 1. The van der Waals surface area contributed by atoms with Crippen molar-refractivity contribution in [3.05, 3.63) is 35.4 Å². The van der Waals surface area contributed by atoms with Gasteiger partial charge in [0.15, 0.2) is 0 Å². The Bertz CT molecular complexity index is 450. The van der Waals surface area contributed by atoms with Crippen LogP contribution in [0, 0.1) is 0 Å². The Balaban J connectivity index is 1.81. The fourth-order valence-corrected chi connectivity index (χ4v) is 4.26. The van der Waals surface area contributed by atoms with Crippen molar-refractivity contribution < 1.29 is 0 Å². The largest absolute Gasteiger partial charge is 0.329 e. The summed E-state index contributed by atoms with van der Waals surface area (Å²) in [4.78, 5) is 2.65. The molecule has 1 atom stereocenters. The second kappa shape index (κ2) is 5.87. The molecular formula is C18H28N2. The van der Waals surface area contributed by atoms with Crippen molar-refractivity contribution in [3.8, 4) is 0 Å². The van der Waals surface area contributed by atoms with Crippen LogP contribution in [0.4, 0.5) is 0 Å². The molecule has 2 nitrogen and oxygen atoms in total. The lowest BCUT2D eigenvalue weighted by molar-refractivity contribution is 0.0461. The SMILES string of the molecule is CN(C1CCCCC1)C1(CN)CCc2ccccc2C1. The highest BCUT2D eigenvalue weighted by Gasteiger charge is 2.39. The van der Waals surface area contributed by atoms with Gasteiger partial charge >= 0.3 is 0 Å². The number of likely N-dealkylation sites (N-methyl/N-ethyl adjacent to an activating group) is 1. The molecule has 0 amide bonds. The van der Waals surface area contributed by atoms with Crippen LogP contribution in [-0.2, 0) is 12.8 Å². The van der Waals surface area contributed by atoms with Gasteiger partial charge in [0, 0.05) is 18.1 Å². The minimum atomic E-state index is 0.191. The van der Waals surface area contributed by atoms with E-state index in [2.05, 4.69) is 36.2 Å². The Morgan fingerprint density at radius 1 is 1.15 bits per heavy atom. The molecule has 2 N–H and O–H groups in total. The van der Waals surface area contributed by atoms with E-state index >= 15 is 0 Å². The van der Waals surface area contributed by atoms with E-state index in [1.807, 2.05) is 0 Å². The van der Waals surface area contributed by atoms with E-state index in [-0.39, 0.29) is 5.54 Å². The van der Waals surface area contributed by atoms with Crippen molar-refractivity contribution in [2.45, 2.75) is 62.9 Å². The second-order valence-corrected chi connectivity index (χ2v) is 6.78. The molecule has 2 aliphatic rings. The van der Waals surface area contributed by atoms with Crippen molar-refractivity contribution in [2.24, 2.45) is 5.73 Å². The first kappa shape index (κ1) is 14.1. The second-order valence-electron chi connectivity index (χ2n) is 6.78. The van der Waals surface area contributed by atoms with Gasteiger partial charge in [0.1, 0.15) is 0 Å². The Kier molecular flexibility index (Phi) is 4.13. The molecular weight excluding hydrogens is 244 g/mol. The molecule has 0 radical (unpaired) electrons. The maximum absolute atomic E-state index is 6.26. The number of hydrogen-bond donors (Lipinski definition) is 1. The summed E-state index contributed by atoms with van der Waals surface area (Å²) in [7, 11) is 2.33. The molecule has 1 aromatic rings. The number of aryl methyl sites for hydroxylation is 1. The van der Waals surface area contributed by atoms with Crippen LogP contribution < -0.4 is 5.73 Å². The highest BCUT2D eigenvalue weighted by molar-refractivity contribution is 5.32. The van der Waals surface area contributed by atoms with Crippen LogP contribution in [0.5, 0.6) is 0 Å². The molecule has 20 heavy (non-hydrogen) atoms. The fourth-order valence-electron chi connectivity index (χ4n) is 4.26. The molecule has 1 saturated carbocycles. The number of benzene rings is 1. The van der Waals surface area contributed by atoms with Gasteiger partial charge in [-0.2, -0.15) is 0 Å². The normalized spacial score (nSPS) is 27.6. The lowest BCUT2D eigenvalue weighted by Crippen LogP contribution is -2.59. The van der Waals surface area contributed by atoms with Gasteiger partial charge < -0.3 is 5.73 Å². The maximum Gasteiger partial charge on any atom is 0.0375 e. The van der Waals surface area contributed by atoms with E-state index in [1.54, 1.807) is 0 Å². The summed E-state index contributed by atoms with van der Waals surface area (Å²) in [5, 5.41) is 0. The first-order valence-electron chi connectivity index (χ1n) is 8.25. The number of rotatable bonds is 3. The van der Waals surface area contributed by atoms with Gasteiger partial charge in [-0.05, 0) is 50.3 Å². The van der Waals surface area contributed by atoms with Gasteiger partial charge in [0.2, 0.25) is 0 Å². The molecule has 0 spiro atoms. The third-order valence-electron chi connectivity index (χ3n) is 5.75. The molecule has 2 heteroatoms. The summed E-state index contributed by atoms with van der Waals surface area (Å²) < 4.78 is 0. The van der Waals surface area contributed by atoms with Gasteiger partial charge in [-0.15, -0.1) is 0 Å². The highest BCUT2D eigenvalue weighted by atomic mass is 15.2. The smallest absolute Gasteiger partial charge is 0.0375 e. The quantitative estimate of drug-likeness (QED) is 0.916. The summed E-state index contributed by atoms with van der Waals surface area (Å²) in [6.45, 7) is 0.786. The Morgan fingerprint density at radius 3 is 2.55 bits per heavy atom. The van der Waals surface area contributed by atoms with Gasteiger partial charge in [-0.25, -0.2) is 0 Å². The van der Waals surface area contributed by atoms with Crippen LogP contribution in [0.2, 0.25) is 0 Å². The summed E-state index contributed by atoms with van der Waals surface area (Å²) >= 11 is 0. The van der Waals surface area contributed by atoms with Crippen LogP contribution in [0.25, 0.3) is 0 Å². The van der Waals surface area contributed by atoms with Crippen LogP contribution >= 0.6 is 0 Å². The topological polar surface area (TPSA) is 29.3 Å². The minimum Gasteiger partial charge on any atom is -0.329 e. The first-order chi connectivity index (χ1) is 9.75. The number of nitrogens with zero attached hydrogens (tertiary/aromatic N) is 1. The predicted molar refractivity (Wildman–Crippen MR) is 84.9 cm³/mol. The highest BCUT2D eigenvalue weighted by Crippen LogP contribution is 2.36. The molecule has 110 valence electrons. The van der Waals surface area contributed by atoms with Crippen molar-refractivity contribution in [1.29, 1.82) is 0 Å². The Hall–Kier alpha value is -0.860. The summed E-state index contributed by atoms with van der Waals surface area (Å²) in [5.74, 6) is 0. The lowest BCUT2D eigenvalue weighted by atomic mass is 9.75. The molecule has 0 bridgehead atoms. The fraction of sp³-hybridized carbons (Fsp3) is 0.667. The van der Waals surface area contributed by atoms with Crippen molar-refractivity contribution in [2.75, 3.05) is 13.6 Å². The van der Waals surface area contributed by atoms with Crippen LogP contribution in [-0.4, -0.2) is 30.1 Å². The molecule has 1 aromatic carbocycles. The molecule has 1 unspecified atom stereocenters. The average molecular weight is 272 g/mol. The van der Waals surface area contributed by atoms with Crippen molar-refractivity contribution >= 4 is 0 Å². The zero-order valence-corrected chi connectivity index (χ0v) is 12.8. The van der Waals surface area contributed by atoms with E-state index in [9.17, 15) is 0 Å². The summed E-state index contributed by atoms with van der Waals surface area (Å²) in [6, 6.07) is 9.67. The van der Waals surface area contributed by atoms with Gasteiger partial charge in [0.25, 0.3) is 0 Å². The lowest BCUT2D eigenvalue weighted by Gasteiger charge is -2.49. The zero-order valence-electron chi connectivity index (χ0n) is 12.8. The molecule has 0 saturated heterocycles. The van der Waals surface area contributed by atoms with E-state index in [0.29, 0.717) is 0 Å². The van der Waals surface area contributed by atoms with E-state index < -0.39 is 0 Å². The molecule has 0 heterocycles. The Labute approximate surface area is 123 Å². The predicted octanol–water partition coefficient (Wildman–Crippen LogP) is 3.14. The maximum atomic E-state index is 6.26. The third-order valence-corrected chi connectivity index (χ3v) is 5.75. The zero-order chi connectivity index (χ0) is 14.0. The van der Waals surface area contributed by atoms with Gasteiger partial charge in [0.05, 0.1) is 0 Å². The summed E-state index contributed by atoms with van der Waals surface area (Å²) in [5.41, 5.74) is 9.51. The van der Waals surface area contributed by atoms with E-state index in [0.717, 1.165) is 19.0 Å². The average Bonchev–Trinajstić information content (AvgIpc) is 2.54. The summed E-state index contributed by atoms with van der Waals surface area (Å²) in [6.07, 6.45) is 10.5. The van der Waals surface area contributed by atoms with Crippen LogP contribution in [0.15, 0.2) is 24.3 Å². The molecule has 0 aliphatic heterocycles.